The maximum absolute atomic E-state index is 12.8. The zero-order chi connectivity index (χ0) is 18.0. The number of piperidine rings is 1. The number of rotatable bonds is 4. The number of hydrogen-bond donors (Lipinski definition) is 1. The van der Waals surface area contributed by atoms with Crippen molar-refractivity contribution in [1.82, 2.24) is 14.1 Å². The Morgan fingerprint density at radius 1 is 1.28 bits per heavy atom. The van der Waals surface area contributed by atoms with Crippen molar-refractivity contribution in [1.29, 1.82) is 0 Å². The van der Waals surface area contributed by atoms with Gasteiger partial charge in [-0.25, -0.2) is 8.42 Å². The lowest BCUT2D eigenvalue weighted by molar-refractivity contribution is -0.120. The lowest BCUT2D eigenvalue weighted by atomic mass is 9.99. The molecule has 0 unspecified atom stereocenters. The summed E-state index contributed by atoms with van der Waals surface area (Å²) in [5.41, 5.74) is 0. The van der Waals surface area contributed by atoms with E-state index in [1.165, 1.54) is 4.31 Å². The molecule has 0 radical (unpaired) electrons. The quantitative estimate of drug-likeness (QED) is 0.811. The summed E-state index contributed by atoms with van der Waals surface area (Å²) in [5, 5.41) is 6.87. The number of amides is 1. The van der Waals surface area contributed by atoms with Gasteiger partial charge in [0.25, 0.3) is 0 Å². The molecule has 1 atom stereocenters. The van der Waals surface area contributed by atoms with E-state index < -0.39 is 10.0 Å². The summed E-state index contributed by atoms with van der Waals surface area (Å²) < 4.78 is 29.4. The average molecular weight is 427 g/mol. The Balaban J connectivity index is 1.71. The number of nitrogens with one attached hydrogen (secondary N) is 1. The second-order valence-electron chi connectivity index (χ2n) is 6.02. The fourth-order valence-electron chi connectivity index (χ4n) is 2.84. The van der Waals surface area contributed by atoms with Crippen LogP contribution in [-0.2, 0) is 21.9 Å². The molecule has 0 bridgehead atoms. The van der Waals surface area contributed by atoms with Crippen LogP contribution >= 0.6 is 15.9 Å². The van der Waals surface area contributed by atoms with Crippen LogP contribution in [0.5, 0.6) is 0 Å². The van der Waals surface area contributed by atoms with Gasteiger partial charge in [-0.3, -0.25) is 9.48 Å². The number of carbonyl (C=O) groups excluding carboxylic acids is 1. The molecule has 1 amide bonds. The first-order valence-electron chi connectivity index (χ1n) is 7.92. The standard InChI is InChI=1S/C16H19BrN4O3S/c1-20-10-8-15(19-20)18-16(22)12-3-2-9-21(11-12)25(23,24)14-6-4-13(17)5-7-14/h4-8,10,12H,2-3,9,11H2,1H3,(H,18,19,22)/t12-/m1/s1. The van der Waals surface area contributed by atoms with Gasteiger partial charge in [0.2, 0.25) is 15.9 Å². The van der Waals surface area contributed by atoms with Crippen LogP contribution in [0.15, 0.2) is 45.9 Å². The highest BCUT2D eigenvalue weighted by Gasteiger charge is 2.33. The third-order valence-corrected chi connectivity index (χ3v) is 6.58. The van der Waals surface area contributed by atoms with Crippen molar-refractivity contribution in [3.05, 3.63) is 41.0 Å². The molecule has 2 heterocycles. The first-order chi connectivity index (χ1) is 11.9. The molecule has 7 nitrogen and oxygen atoms in total. The van der Waals surface area contributed by atoms with E-state index in [9.17, 15) is 13.2 Å². The predicted octanol–water partition coefficient (Wildman–Crippen LogP) is 2.22. The molecule has 1 saturated heterocycles. The Kier molecular flexibility index (Phi) is 5.26. The van der Waals surface area contributed by atoms with Crippen LogP contribution in [-0.4, -0.2) is 41.5 Å². The minimum atomic E-state index is -3.60. The zero-order valence-electron chi connectivity index (χ0n) is 13.7. The van der Waals surface area contributed by atoms with Crippen molar-refractivity contribution in [2.75, 3.05) is 18.4 Å². The first-order valence-corrected chi connectivity index (χ1v) is 10.2. The number of aromatic nitrogens is 2. The van der Waals surface area contributed by atoms with Crippen molar-refractivity contribution < 1.29 is 13.2 Å². The van der Waals surface area contributed by atoms with Gasteiger partial charge in [-0.1, -0.05) is 15.9 Å². The highest BCUT2D eigenvalue weighted by atomic mass is 79.9. The highest BCUT2D eigenvalue weighted by molar-refractivity contribution is 9.10. The summed E-state index contributed by atoms with van der Waals surface area (Å²) in [7, 11) is -1.83. The van der Waals surface area contributed by atoms with Crippen LogP contribution in [0.1, 0.15) is 12.8 Å². The third kappa shape index (κ3) is 4.10. The van der Waals surface area contributed by atoms with Gasteiger partial charge in [0.05, 0.1) is 10.8 Å². The third-order valence-electron chi connectivity index (χ3n) is 4.17. The van der Waals surface area contributed by atoms with E-state index in [1.807, 2.05) is 0 Å². The molecular weight excluding hydrogens is 408 g/mol. The molecule has 1 aromatic carbocycles. The summed E-state index contributed by atoms with van der Waals surface area (Å²) in [6, 6.07) is 8.23. The molecule has 0 aliphatic carbocycles. The number of aryl methyl sites for hydroxylation is 1. The maximum Gasteiger partial charge on any atom is 0.243 e. The van der Waals surface area contributed by atoms with Crippen molar-refractivity contribution in [2.24, 2.45) is 13.0 Å². The number of benzene rings is 1. The molecular formula is C16H19BrN4O3S. The Morgan fingerprint density at radius 2 is 2.00 bits per heavy atom. The molecule has 0 spiro atoms. The van der Waals surface area contributed by atoms with Crippen molar-refractivity contribution >= 4 is 37.7 Å². The molecule has 9 heteroatoms. The molecule has 1 aromatic heterocycles. The van der Waals surface area contributed by atoms with Crippen LogP contribution in [0.3, 0.4) is 0 Å². The molecule has 1 N–H and O–H groups in total. The van der Waals surface area contributed by atoms with Crippen LogP contribution < -0.4 is 5.32 Å². The van der Waals surface area contributed by atoms with E-state index in [2.05, 4.69) is 26.3 Å². The minimum absolute atomic E-state index is 0.178. The van der Waals surface area contributed by atoms with Gasteiger partial charge in [-0.15, -0.1) is 0 Å². The van der Waals surface area contributed by atoms with Gasteiger partial charge >= 0.3 is 0 Å². The second-order valence-corrected chi connectivity index (χ2v) is 8.87. The second kappa shape index (κ2) is 7.27. The van der Waals surface area contributed by atoms with Gasteiger partial charge in [0, 0.05) is 36.9 Å². The summed E-state index contributed by atoms with van der Waals surface area (Å²) in [4.78, 5) is 12.7. The lowest BCUT2D eigenvalue weighted by Crippen LogP contribution is -2.43. The molecule has 1 aliphatic heterocycles. The van der Waals surface area contributed by atoms with Crippen LogP contribution in [0, 0.1) is 5.92 Å². The number of anilines is 1. The fourth-order valence-corrected chi connectivity index (χ4v) is 4.63. The monoisotopic (exact) mass is 426 g/mol. The molecule has 3 rings (SSSR count). The molecule has 134 valence electrons. The topological polar surface area (TPSA) is 84.3 Å². The molecule has 2 aromatic rings. The van der Waals surface area contributed by atoms with E-state index >= 15 is 0 Å². The Bertz CT molecular complexity index is 864. The summed E-state index contributed by atoms with van der Waals surface area (Å²) in [6.07, 6.45) is 3.04. The van der Waals surface area contributed by atoms with E-state index in [4.69, 9.17) is 0 Å². The SMILES string of the molecule is Cn1ccc(NC(=O)[C@@H]2CCCN(S(=O)(=O)c3ccc(Br)cc3)C2)n1. The Morgan fingerprint density at radius 3 is 2.64 bits per heavy atom. The normalized spacial score (nSPS) is 18.9. The first kappa shape index (κ1) is 18.1. The van der Waals surface area contributed by atoms with Crippen molar-refractivity contribution in [3.63, 3.8) is 0 Å². The van der Waals surface area contributed by atoms with E-state index in [-0.39, 0.29) is 23.3 Å². The van der Waals surface area contributed by atoms with Crippen LogP contribution in [0.25, 0.3) is 0 Å². The smallest absolute Gasteiger partial charge is 0.243 e. The predicted molar refractivity (Wildman–Crippen MR) is 97.5 cm³/mol. The van der Waals surface area contributed by atoms with E-state index in [1.54, 1.807) is 48.3 Å². The average Bonchev–Trinajstić information content (AvgIpc) is 3.00. The highest BCUT2D eigenvalue weighted by Crippen LogP contribution is 2.25. The van der Waals surface area contributed by atoms with Crippen molar-refractivity contribution in [3.8, 4) is 0 Å². The van der Waals surface area contributed by atoms with Gasteiger partial charge in [-0.05, 0) is 37.1 Å². The molecule has 0 saturated carbocycles. The van der Waals surface area contributed by atoms with Crippen LogP contribution in [0.4, 0.5) is 5.82 Å². The molecule has 1 aliphatic rings. The Hall–Kier alpha value is -1.71. The Labute approximate surface area is 155 Å². The fraction of sp³-hybridized carbons (Fsp3) is 0.375. The summed E-state index contributed by atoms with van der Waals surface area (Å²) in [6.45, 7) is 0.600. The lowest BCUT2D eigenvalue weighted by Gasteiger charge is -2.31. The van der Waals surface area contributed by atoms with E-state index in [0.29, 0.717) is 25.2 Å². The number of halogens is 1. The van der Waals surface area contributed by atoms with Gasteiger partial charge in [-0.2, -0.15) is 9.40 Å². The largest absolute Gasteiger partial charge is 0.309 e. The van der Waals surface area contributed by atoms with E-state index in [0.717, 1.165) is 4.47 Å². The number of sulfonamides is 1. The minimum Gasteiger partial charge on any atom is -0.309 e. The number of hydrogen-bond acceptors (Lipinski definition) is 4. The van der Waals surface area contributed by atoms with Crippen LogP contribution in [0.2, 0.25) is 0 Å². The van der Waals surface area contributed by atoms with Gasteiger partial charge in [0.1, 0.15) is 0 Å². The molecule has 1 fully saturated rings. The number of nitrogens with zero attached hydrogens (tertiary/aromatic N) is 3. The molecule has 25 heavy (non-hydrogen) atoms. The zero-order valence-corrected chi connectivity index (χ0v) is 16.1. The van der Waals surface area contributed by atoms with Gasteiger partial charge in [0.15, 0.2) is 5.82 Å². The van der Waals surface area contributed by atoms with Crippen molar-refractivity contribution in [2.45, 2.75) is 17.7 Å². The maximum atomic E-state index is 12.8. The van der Waals surface area contributed by atoms with Gasteiger partial charge < -0.3 is 5.32 Å². The summed E-state index contributed by atoms with van der Waals surface area (Å²) in [5.74, 6) is -0.115. The number of carbonyl (C=O) groups is 1. The summed E-state index contributed by atoms with van der Waals surface area (Å²) >= 11 is 3.30.